The van der Waals surface area contributed by atoms with Crippen molar-refractivity contribution in [2.75, 3.05) is 39.3 Å². The topological polar surface area (TPSA) is 69.7 Å². The van der Waals surface area contributed by atoms with Gasteiger partial charge < -0.3 is 10.2 Å². The van der Waals surface area contributed by atoms with Crippen LogP contribution in [-0.4, -0.2) is 62.8 Å². The molecule has 3 rings (SSSR count). The van der Waals surface area contributed by atoms with Gasteiger partial charge in [0.15, 0.2) is 0 Å². The average molecular weight is 434 g/mol. The summed E-state index contributed by atoms with van der Waals surface area (Å²) >= 11 is 6.95. The largest absolute Gasteiger partial charge is 0.355 e. The van der Waals surface area contributed by atoms with Crippen molar-refractivity contribution in [1.82, 2.24) is 14.5 Å². The first-order valence-electron chi connectivity index (χ1n) is 9.70. The Hall–Kier alpha value is -0.670. The fourth-order valence-corrected chi connectivity index (χ4v) is 6.89. The van der Waals surface area contributed by atoms with Crippen LogP contribution in [0.5, 0.6) is 0 Å². The summed E-state index contributed by atoms with van der Waals surface area (Å²) in [6, 6.07) is 3.17. The minimum absolute atomic E-state index is 0.0818. The lowest BCUT2D eigenvalue weighted by atomic mass is 9.94. The monoisotopic (exact) mass is 433 g/mol. The minimum Gasteiger partial charge on any atom is -0.355 e. The molecular weight excluding hydrogens is 406 g/mol. The van der Waals surface area contributed by atoms with Crippen molar-refractivity contribution in [3.63, 3.8) is 0 Å². The predicted molar refractivity (Wildman–Crippen MR) is 109 cm³/mol. The van der Waals surface area contributed by atoms with Crippen LogP contribution in [0.15, 0.2) is 16.3 Å². The normalized spacial score (nSPS) is 20.6. The fraction of sp³-hybridized carbons (Fsp3) is 0.722. The lowest BCUT2D eigenvalue weighted by Crippen LogP contribution is -2.40. The van der Waals surface area contributed by atoms with E-state index in [4.69, 9.17) is 11.6 Å². The van der Waals surface area contributed by atoms with E-state index >= 15 is 0 Å². The van der Waals surface area contributed by atoms with Crippen molar-refractivity contribution >= 4 is 38.9 Å². The van der Waals surface area contributed by atoms with Crippen molar-refractivity contribution < 1.29 is 13.2 Å². The lowest BCUT2D eigenvalue weighted by Gasteiger charge is -2.30. The van der Waals surface area contributed by atoms with E-state index in [-0.39, 0.29) is 11.8 Å². The first-order valence-corrected chi connectivity index (χ1v) is 12.3. The third-order valence-corrected chi connectivity index (χ3v) is 8.99. The van der Waals surface area contributed by atoms with Crippen molar-refractivity contribution in [2.45, 2.75) is 42.7 Å². The number of nitrogens with one attached hydrogen (secondary N) is 1. The Bertz CT molecular complexity index is 724. The number of carbonyl (C=O) groups is 1. The number of amides is 1. The minimum atomic E-state index is -3.46. The van der Waals surface area contributed by atoms with Crippen LogP contribution in [-0.2, 0) is 14.8 Å². The number of piperidine rings is 2. The molecule has 0 atom stereocenters. The molecule has 1 N–H and O–H groups in total. The first-order chi connectivity index (χ1) is 12.9. The van der Waals surface area contributed by atoms with E-state index < -0.39 is 10.0 Å². The van der Waals surface area contributed by atoms with Crippen molar-refractivity contribution in [3.8, 4) is 0 Å². The standard InChI is InChI=1S/C18H28ClN3O3S2/c19-16-4-5-18(26-16)27(24,25)22-11-6-15(7-12-22)14-17(23)20-8-13-21-9-2-1-3-10-21/h4-5,15H,1-3,6-14H2,(H,20,23). The Morgan fingerprint density at radius 3 is 2.48 bits per heavy atom. The van der Waals surface area contributed by atoms with Crippen LogP contribution in [0.3, 0.4) is 0 Å². The van der Waals surface area contributed by atoms with Gasteiger partial charge in [0.2, 0.25) is 5.91 Å². The number of sulfonamides is 1. The van der Waals surface area contributed by atoms with Crippen LogP contribution in [0.4, 0.5) is 0 Å². The van der Waals surface area contributed by atoms with Gasteiger partial charge in [-0.15, -0.1) is 11.3 Å². The zero-order chi connectivity index (χ0) is 19.3. The summed E-state index contributed by atoms with van der Waals surface area (Å²) < 4.78 is 27.5. The number of carbonyl (C=O) groups excluding carboxylic acids is 1. The van der Waals surface area contributed by atoms with E-state index in [0.29, 0.717) is 34.6 Å². The Morgan fingerprint density at radius 2 is 1.85 bits per heavy atom. The maximum Gasteiger partial charge on any atom is 0.252 e. The second-order valence-electron chi connectivity index (χ2n) is 7.36. The SMILES string of the molecule is O=C(CC1CCN(S(=O)(=O)c2ccc(Cl)s2)CC1)NCCN1CCCCC1. The molecule has 2 fully saturated rings. The van der Waals surface area contributed by atoms with E-state index in [9.17, 15) is 13.2 Å². The molecule has 0 unspecified atom stereocenters. The molecule has 1 amide bonds. The van der Waals surface area contributed by atoms with Crippen LogP contribution in [0.2, 0.25) is 4.34 Å². The second-order valence-corrected chi connectivity index (χ2v) is 11.2. The van der Waals surface area contributed by atoms with Crippen LogP contribution in [0.25, 0.3) is 0 Å². The summed E-state index contributed by atoms with van der Waals surface area (Å²) in [6.45, 7) is 4.82. The molecule has 2 aliphatic heterocycles. The third kappa shape index (κ3) is 5.90. The molecule has 2 aliphatic rings. The number of nitrogens with zero attached hydrogens (tertiary/aromatic N) is 2. The lowest BCUT2D eigenvalue weighted by molar-refractivity contribution is -0.122. The maximum atomic E-state index is 12.6. The van der Waals surface area contributed by atoms with E-state index in [0.717, 1.165) is 43.8 Å². The van der Waals surface area contributed by atoms with Gasteiger partial charge in [-0.05, 0) is 56.8 Å². The summed E-state index contributed by atoms with van der Waals surface area (Å²) in [6.07, 6.45) is 5.76. The molecule has 2 saturated heterocycles. The summed E-state index contributed by atoms with van der Waals surface area (Å²) in [4.78, 5) is 14.6. The molecule has 1 aromatic heterocycles. The van der Waals surface area contributed by atoms with Crippen molar-refractivity contribution in [3.05, 3.63) is 16.5 Å². The van der Waals surface area contributed by atoms with Gasteiger partial charge in [-0.3, -0.25) is 4.79 Å². The van der Waals surface area contributed by atoms with Gasteiger partial charge in [-0.25, -0.2) is 8.42 Å². The summed E-state index contributed by atoms with van der Waals surface area (Å²) in [5.41, 5.74) is 0. The highest BCUT2D eigenvalue weighted by molar-refractivity contribution is 7.91. The summed E-state index contributed by atoms with van der Waals surface area (Å²) in [7, 11) is -3.46. The highest BCUT2D eigenvalue weighted by Crippen LogP contribution is 2.31. The van der Waals surface area contributed by atoms with Gasteiger partial charge in [0.05, 0.1) is 4.34 Å². The van der Waals surface area contributed by atoms with Crippen LogP contribution >= 0.6 is 22.9 Å². The Labute approximate surface area is 170 Å². The quantitative estimate of drug-likeness (QED) is 0.717. The van der Waals surface area contributed by atoms with Crippen LogP contribution in [0, 0.1) is 5.92 Å². The smallest absolute Gasteiger partial charge is 0.252 e. The molecule has 1 aromatic rings. The molecule has 0 spiro atoms. The zero-order valence-corrected chi connectivity index (χ0v) is 17.9. The van der Waals surface area contributed by atoms with Crippen LogP contribution < -0.4 is 5.32 Å². The summed E-state index contributed by atoms with van der Waals surface area (Å²) in [5, 5.41) is 3.02. The van der Waals surface area contributed by atoms with E-state index in [1.165, 1.54) is 23.6 Å². The predicted octanol–water partition coefficient (Wildman–Crippen LogP) is 2.79. The molecule has 3 heterocycles. The molecule has 9 heteroatoms. The van der Waals surface area contributed by atoms with Gasteiger partial charge in [-0.1, -0.05) is 18.0 Å². The third-order valence-electron chi connectivity index (χ3n) is 5.39. The van der Waals surface area contributed by atoms with Gasteiger partial charge in [0, 0.05) is 32.6 Å². The van der Waals surface area contributed by atoms with E-state index in [1.807, 2.05) is 0 Å². The number of hydrogen-bond acceptors (Lipinski definition) is 5. The Morgan fingerprint density at radius 1 is 1.15 bits per heavy atom. The van der Waals surface area contributed by atoms with E-state index in [1.54, 1.807) is 12.1 Å². The zero-order valence-electron chi connectivity index (χ0n) is 15.5. The molecule has 27 heavy (non-hydrogen) atoms. The molecular formula is C18H28ClN3O3S2. The van der Waals surface area contributed by atoms with Crippen molar-refractivity contribution in [2.24, 2.45) is 5.92 Å². The number of rotatable bonds is 7. The molecule has 0 saturated carbocycles. The van der Waals surface area contributed by atoms with Crippen molar-refractivity contribution in [1.29, 1.82) is 0 Å². The number of halogens is 1. The van der Waals surface area contributed by atoms with Gasteiger partial charge in [0.25, 0.3) is 10.0 Å². The van der Waals surface area contributed by atoms with E-state index in [2.05, 4.69) is 10.2 Å². The van der Waals surface area contributed by atoms with Gasteiger partial charge >= 0.3 is 0 Å². The molecule has 0 aliphatic carbocycles. The maximum absolute atomic E-state index is 12.6. The number of hydrogen-bond donors (Lipinski definition) is 1. The number of likely N-dealkylation sites (tertiary alicyclic amines) is 1. The average Bonchev–Trinajstić information content (AvgIpc) is 3.10. The second kappa shape index (κ2) is 9.69. The fourth-order valence-electron chi connectivity index (χ4n) is 3.79. The highest BCUT2D eigenvalue weighted by Gasteiger charge is 2.31. The first kappa shape index (κ1) is 21.0. The molecule has 6 nitrogen and oxygen atoms in total. The molecule has 0 radical (unpaired) electrons. The molecule has 0 aromatic carbocycles. The summed E-state index contributed by atoms with van der Waals surface area (Å²) in [5.74, 6) is 0.330. The van der Waals surface area contributed by atoms with Crippen LogP contribution in [0.1, 0.15) is 38.5 Å². The number of thiophene rings is 1. The molecule has 152 valence electrons. The molecule has 0 bridgehead atoms. The Balaban J connectivity index is 1.38. The Kier molecular flexibility index (Phi) is 7.56. The van der Waals surface area contributed by atoms with Gasteiger partial charge in [-0.2, -0.15) is 4.31 Å². The van der Waals surface area contributed by atoms with Gasteiger partial charge in [0.1, 0.15) is 4.21 Å². The highest BCUT2D eigenvalue weighted by atomic mass is 35.5.